The van der Waals surface area contributed by atoms with E-state index in [4.69, 9.17) is 4.84 Å². The van der Waals surface area contributed by atoms with Crippen LogP contribution in [-0.2, 0) is 14.4 Å². The van der Waals surface area contributed by atoms with Crippen LogP contribution in [0.1, 0.15) is 12.0 Å². The van der Waals surface area contributed by atoms with Crippen LogP contribution in [0.3, 0.4) is 0 Å². The number of aromatic hydroxyl groups is 1. The van der Waals surface area contributed by atoms with Gasteiger partial charge in [-0.15, -0.1) is 0 Å². The first kappa shape index (κ1) is 11.4. The van der Waals surface area contributed by atoms with E-state index >= 15 is 0 Å². The first-order valence-electron chi connectivity index (χ1n) is 5.27. The highest BCUT2D eigenvalue weighted by Crippen LogP contribution is 2.22. The van der Waals surface area contributed by atoms with Crippen molar-refractivity contribution in [3.63, 3.8) is 0 Å². The van der Waals surface area contributed by atoms with E-state index in [0.29, 0.717) is 6.61 Å². The number of oxime groups is 1. The summed E-state index contributed by atoms with van der Waals surface area (Å²) in [6, 6.07) is 6.64. The highest BCUT2D eigenvalue weighted by molar-refractivity contribution is 6.04. The number of esters is 1. The molecule has 0 amide bonds. The number of benzene rings is 1. The molecule has 1 N–H and O–H groups in total. The molecule has 0 fully saturated rings. The third-order valence-corrected chi connectivity index (χ3v) is 2.63. The molecule has 2 rings (SSSR count). The number of carbonyl (C=O) groups is 1. The Morgan fingerprint density at radius 2 is 2.24 bits per heavy atom. The first-order chi connectivity index (χ1) is 8.20. The van der Waals surface area contributed by atoms with Crippen molar-refractivity contribution in [3.8, 4) is 5.75 Å². The molecule has 0 saturated heterocycles. The summed E-state index contributed by atoms with van der Waals surface area (Å²) < 4.78 is 4.63. The van der Waals surface area contributed by atoms with Crippen molar-refractivity contribution in [1.82, 2.24) is 0 Å². The van der Waals surface area contributed by atoms with Crippen LogP contribution in [0.2, 0.25) is 0 Å². The molecule has 0 aromatic heterocycles. The van der Waals surface area contributed by atoms with Gasteiger partial charge in [0, 0.05) is 5.56 Å². The van der Waals surface area contributed by atoms with Gasteiger partial charge in [0.25, 0.3) is 0 Å². The summed E-state index contributed by atoms with van der Waals surface area (Å²) in [6.45, 7) is 0.380. The van der Waals surface area contributed by atoms with Gasteiger partial charge in [-0.1, -0.05) is 5.16 Å². The number of rotatable bonds is 3. The molecule has 1 heterocycles. The number of phenols is 1. The molecule has 0 radical (unpaired) electrons. The van der Waals surface area contributed by atoms with Crippen molar-refractivity contribution >= 4 is 11.7 Å². The highest BCUT2D eigenvalue weighted by atomic mass is 16.6. The number of methoxy groups -OCH3 is 1. The van der Waals surface area contributed by atoms with Crippen molar-refractivity contribution in [2.75, 3.05) is 13.7 Å². The summed E-state index contributed by atoms with van der Waals surface area (Å²) in [6.07, 6.45) is 0.246. The number of nitrogens with zero attached hydrogens (tertiary/aromatic N) is 1. The van der Waals surface area contributed by atoms with Crippen molar-refractivity contribution < 1.29 is 19.5 Å². The number of carbonyl (C=O) groups excluding carboxylic acids is 1. The SMILES string of the molecule is COC(=O)CC1CON=C1c1ccc(O)cc1. The fraction of sp³-hybridized carbons (Fsp3) is 0.333. The molecular formula is C12H13NO4. The van der Waals surface area contributed by atoms with E-state index in [1.807, 2.05) is 0 Å². The predicted octanol–water partition coefficient (Wildman–Crippen LogP) is 1.31. The first-order valence-corrected chi connectivity index (χ1v) is 5.27. The Bertz CT molecular complexity index is 438. The van der Waals surface area contributed by atoms with Gasteiger partial charge in [-0.2, -0.15) is 0 Å². The van der Waals surface area contributed by atoms with Crippen LogP contribution in [0, 0.1) is 5.92 Å². The predicted molar refractivity (Wildman–Crippen MR) is 60.7 cm³/mol. The van der Waals surface area contributed by atoms with Crippen LogP contribution in [0.25, 0.3) is 0 Å². The largest absolute Gasteiger partial charge is 0.508 e. The summed E-state index contributed by atoms with van der Waals surface area (Å²) in [5.74, 6) is -0.184. The topological polar surface area (TPSA) is 68.1 Å². The Hall–Kier alpha value is -2.04. The molecule has 0 saturated carbocycles. The van der Waals surface area contributed by atoms with Gasteiger partial charge in [-0.3, -0.25) is 4.79 Å². The van der Waals surface area contributed by atoms with Gasteiger partial charge in [-0.25, -0.2) is 0 Å². The molecule has 1 aliphatic heterocycles. The standard InChI is InChI=1S/C12H13NO4/c1-16-11(15)6-9-7-17-13-12(9)8-2-4-10(14)5-3-8/h2-5,9,14H,6-7H2,1H3. The number of ether oxygens (including phenoxy) is 1. The minimum Gasteiger partial charge on any atom is -0.508 e. The van der Waals surface area contributed by atoms with Crippen LogP contribution >= 0.6 is 0 Å². The maximum Gasteiger partial charge on any atom is 0.306 e. The molecule has 1 atom stereocenters. The lowest BCUT2D eigenvalue weighted by molar-refractivity contribution is -0.141. The van der Waals surface area contributed by atoms with E-state index in [1.54, 1.807) is 24.3 Å². The summed E-state index contributed by atoms with van der Waals surface area (Å²) in [7, 11) is 1.36. The molecule has 1 aromatic carbocycles. The van der Waals surface area contributed by atoms with Crippen LogP contribution in [-0.4, -0.2) is 30.5 Å². The second kappa shape index (κ2) is 4.86. The van der Waals surface area contributed by atoms with Crippen molar-refractivity contribution in [1.29, 1.82) is 0 Å². The van der Waals surface area contributed by atoms with Crippen LogP contribution < -0.4 is 0 Å². The normalized spacial score (nSPS) is 18.4. The van der Waals surface area contributed by atoms with Crippen LogP contribution in [0.4, 0.5) is 0 Å². The third kappa shape index (κ3) is 2.55. The molecule has 0 bridgehead atoms. The maximum absolute atomic E-state index is 11.2. The molecular weight excluding hydrogens is 222 g/mol. The zero-order valence-corrected chi connectivity index (χ0v) is 9.42. The Labute approximate surface area is 98.6 Å². The summed E-state index contributed by atoms with van der Waals surface area (Å²) in [5.41, 5.74) is 1.56. The zero-order valence-electron chi connectivity index (χ0n) is 9.42. The Kier molecular flexibility index (Phi) is 3.27. The zero-order chi connectivity index (χ0) is 12.3. The quantitative estimate of drug-likeness (QED) is 0.802. The van der Waals surface area contributed by atoms with Gasteiger partial charge in [0.1, 0.15) is 12.4 Å². The van der Waals surface area contributed by atoms with E-state index < -0.39 is 0 Å². The lowest BCUT2D eigenvalue weighted by Crippen LogP contribution is -2.19. The molecule has 5 nitrogen and oxygen atoms in total. The average molecular weight is 235 g/mol. The molecule has 1 aromatic rings. The van der Waals surface area contributed by atoms with Gasteiger partial charge in [0.05, 0.1) is 25.2 Å². The van der Waals surface area contributed by atoms with Crippen LogP contribution in [0.5, 0.6) is 5.75 Å². The van der Waals surface area contributed by atoms with Crippen molar-refractivity contribution in [2.24, 2.45) is 11.1 Å². The van der Waals surface area contributed by atoms with Gasteiger partial charge in [-0.05, 0) is 24.3 Å². The van der Waals surface area contributed by atoms with E-state index in [2.05, 4.69) is 9.89 Å². The minimum absolute atomic E-state index is 0.0907. The van der Waals surface area contributed by atoms with E-state index in [-0.39, 0.29) is 24.1 Å². The van der Waals surface area contributed by atoms with Crippen LogP contribution in [0.15, 0.2) is 29.4 Å². The fourth-order valence-corrected chi connectivity index (χ4v) is 1.71. The fourth-order valence-electron chi connectivity index (χ4n) is 1.71. The van der Waals surface area contributed by atoms with E-state index in [9.17, 15) is 9.90 Å². The minimum atomic E-state index is -0.285. The summed E-state index contributed by atoms with van der Waals surface area (Å²) >= 11 is 0. The summed E-state index contributed by atoms with van der Waals surface area (Å²) in [4.78, 5) is 16.2. The smallest absolute Gasteiger partial charge is 0.306 e. The van der Waals surface area contributed by atoms with E-state index in [0.717, 1.165) is 11.3 Å². The van der Waals surface area contributed by atoms with Gasteiger partial charge < -0.3 is 14.7 Å². The van der Waals surface area contributed by atoms with E-state index in [1.165, 1.54) is 7.11 Å². The average Bonchev–Trinajstić information content (AvgIpc) is 2.78. The monoisotopic (exact) mass is 235 g/mol. The molecule has 0 spiro atoms. The third-order valence-electron chi connectivity index (χ3n) is 2.63. The van der Waals surface area contributed by atoms with Gasteiger partial charge in [0.15, 0.2) is 0 Å². The number of hydrogen-bond acceptors (Lipinski definition) is 5. The molecule has 90 valence electrons. The Morgan fingerprint density at radius 1 is 1.53 bits per heavy atom. The maximum atomic E-state index is 11.2. The number of hydrogen-bond donors (Lipinski definition) is 1. The second-order valence-electron chi connectivity index (χ2n) is 3.80. The van der Waals surface area contributed by atoms with Gasteiger partial charge in [0.2, 0.25) is 0 Å². The molecule has 1 unspecified atom stereocenters. The Morgan fingerprint density at radius 3 is 2.88 bits per heavy atom. The number of phenolic OH excluding ortho intramolecular Hbond substituents is 1. The second-order valence-corrected chi connectivity index (χ2v) is 3.80. The molecule has 0 aliphatic carbocycles. The van der Waals surface area contributed by atoms with Crippen molar-refractivity contribution in [2.45, 2.75) is 6.42 Å². The molecule has 5 heteroatoms. The Balaban J connectivity index is 2.14. The lowest BCUT2D eigenvalue weighted by atomic mass is 9.95. The molecule has 1 aliphatic rings. The molecule has 17 heavy (non-hydrogen) atoms. The van der Waals surface area contributed by atoms with Gasteiger partial charge >= 0.3 is 5.97 Å². The summed E-state index contributed by atoms with van der Waals surface area (Å²) in [5, 5.41) is 13.1. The van der Waals surface area contributed by atoms with Crippen molar-refractivity contribution in [3.05, 3.63) is 29.8 Å². The lowest BCUT2D eigenvalue weighted by Gasteiger charge is -2.08. The highest BCUT2D eigenvalue weighted by Gasteiger charge is 2.27.